The molecule has 0 radical (unpaired) electrons. The highest BCUT2D eigenvalue weighted by Gasteiger charge is 2.32. The first kappa shape index (κ1) is 16.5. The summed E-state index contributed by atoms with van der Waals surface area (Å²) in [4.78, 5) is 12.5. The van der Waals surface area contributed by atoms with Crippen molar-refractivity contribution in [1.82, 2.24) is 4.90 Å². The lowest BCUT2D eigenvalue weighted by Gasteiger charge is -2.35. The summed E-state index contributed by atoms with van der Waals surface area (Å²) in [5.41, 5.74) is 0.190. The molecular weight excluding hydrogens is 306 g/mol. The van der Waals surface area contributed by atoms with Gasteiger partial charge in [0, 0.05) is 17.7 Å². The molecule has 0 aromatic heterocycles. The Kier molecular flexibility index (Phi) is 4.90. The Balaban J connectivity index is 2.21. The van der Waals surface area contributed by atoms with E-state index in [-0.39, 0.29) is 12.1 Å². The number of nitrogens with zero attached hydrogens (tertiary/aromatic N) is 1. The summed E-state index contributed by atoms with van der Waals surface area (Å²) >= 11 is 0. The van der Waals surface area contributed by atoms with E-state index in [0.717, 1.165) is 18.9 Å². The van der Waals surface area contributed by atoms with Crippen LogP contribution in [0.1, 0.15) is 30.9 Å². The van der Waals surface area contributed by atoms with Crippen molar-refractivity contribution in [1.29, 1.82) is 0 Å². The molecule has 1 N–H and O–H groups in total. The van der Waals surface area contributed by atoms with Crippen LogP contribution in [-0.4, -0.2) is 35.4 Å². The van der Waals surface area contributed by atoms with Crippen molar-refractivity contribution >= 4 is 5.97 Å². The van der Waals surface area contributed by atoms with Gasteiger partial charge in [-0.15, -0.1) is 13.2 Å². The predicted molar refractivity (Wildman–Crippen MR) is 68.9 cm³/mol. The van der Waals surface area contributed by atoms with Crippen LogP contribution in [0.15, 0.2) is 18.2 Å². The van der Waals surface area contributed by atoms with Crippen molar-refractivity contribution in [2.45, 2.75) is 31.7 Å². The van der Waals surface area contributed by atoms with E-state index in [4.69, 9.17) is 5.11 Å². The lowest BCUT2D eigenvalue weighted by atomic mass is 9.94. The molecule has 1 unspecified atom stereocenters. The number of carboxylic acid groups (broad SMARTS) is 1. The van der Waals surface area contributed by atoms with E-state index >= 15 is 0 Å². The van der Waals surface area contributed by atoms with E-state index in [1.54, 1.807) is 4.90 Å². The second-order valence-electron chi connectivity index (χ2n) is 5.11. The average Bonchev–Trinajstić information content (AvgIpc) is 2.37. The first-order chi connectivity index (χ1) is 10.3. The van der Waals surface area contributed by atoms with Gasteiger partial charge in [-0.1, -0.05) is 12.5 Å². The molecule has 22 heavy (non-hydrogen) atoms. The zero-order chi connectivity index (χ0) is 16.3. The zero-order valence-electron chi connectivity index (χ0n) is 11.6. The van der Waals surface area contributed by atoms with Gasteiger partial charge in [0.1, 0.15) is 11.6 Å². The summed E-state index contributed by atoms with van der Waals surface area (Å²) < 4.78 is 54.1. The number of likely N-dealkylation sites (tertiary alicyclic amines) is 1. The topological polar surface area (TPSA) is 49.8 Å². The van der Waals surface area contributed by atoms with E-state index < -0.39 is 29.9 Å². The number of hydrogen-bond acceptors (Lipinski definition) is 3. The molecule has 0 spiro atoms. The second-order valence-corrected chi connectivity index (χ2v) is 5.11. The summed E-state index contributed by atoms with van der Waals surface area (Å²) in [5, 5.41) is 8.89. The lowest BCUT2D eigenvalue weighted by Crippen LogP contribution is -2.37. The summed E-state index contributed by atoms with van der Waals surface area (Å²) in [5.74, 6) is -2.48. The molecule has 0 bridgehead atoms. The first-order valence-electron chi connectivity index (χ1n) is 6.77. The molecule has 1 aliphatic rings. The van der Waals surface area contributed by atoms with E-state index in [9.17, 15) is 22.4 Å². The number of alkyl halides is 3. The number of carbonyl (C=O) groups is 1. The van der Waals surface area contributed by atoms with Gasteiger partial charge in [0.15, 0.2) is 0 Å². The summed E-state index contributed by atoms with van der Waals surface area (Å²) in [6.07, 6.45) is -2.71. The Hall–Kier alpha value is -1.83. The van der Waals surface area contributed by atoms with E-state index in [2.05, 4.69) is 4.74 Å². The van der Waals surface area contributed by atoms with Crippen LogP contribution in [0.5, 0.6) is 5.75 Å². The highest BCUT2D eigenvalue weighted by Crippen LogP contribution is 2.34. The second kappa shape index (κ2) is 6.51. The molecule has 2 rings (SSSR count). The summed E-state index contributed by atoms with van der Waals surface area (Å²) in [7, 11) is 0. The minimum absolute atomic E-state index is 0.190. The van der Waals surface area contributed by atoms with E-state index in [1.165, 1.54) is 6.07 Å². The molecule has 0 saturated carbocycles. The average molecular weight is 321 g/mol. The molecular formula is C14H15F4NO3. The number of ether oxygens (including phenoxy) is 1. The molecule has 1 aliphatic heterocycles. The minimum atomic E-state index is -4.88. The maximum atomic E-state index is 14.1. The minimum Gasteiger partial charge on any atom is -0.480 e. The van der Waals surface area contributed by atoms with Gasteiger partial charge in [0.25, 0.3) is 0 Å². The Morgan fingerprint density at radius 2 is 2.09 bits per heavy atom. The molecule has 0 aliphatic carbocycles. The van der Waals surface area contributed by atoms with Crippen molar-refractivity contribution in [3.05, 3.63) is 29.6 Å². The third kappa shape index (κ3) is 4.33. The van der Waals surface area contributed by atoms with E-state index in [1.807, 2.05) is 0 Å². The molecule has 4 nitrogen and oxygen atoms in total. The summed E-state index contributed by atoms with van der Waals surface area (Å²) in [6.45, 7) is 0.280. The van der Waals surface area contributed by atoms with Crippen molar-refractivity contribution in [2.24, 2.45) is 0 Å². The van der Waals surface area contributed by atoms with Gasteiger partial charge in [-0.2, -0.15) is 0 Å². The van der Waals surface area contributed by atoms with Crippen LogP contribution in [0.3, 0.4) is 0 Å². The number of halogens is 4. The quantitative estimate of drug-likeness (QED) is 0.864. The molecule has 1 aromatic rings. The maximum Gasteiger partial charge on any atom is 0.573 e. The van der Waals surface area contributed by atoms with Gasteiger partial charge >= 0.3 is 12.3 Å². The van der Waals surface area contributed by atoms with Gasteiger partial charge in [0.05, 0.1) is 6.54 Å². The number of hydrogen-bond donors (Lipinski definition) is 1. The van der Waals surface area contributed by atoms with Crippen LogP contribution in [0.4, 0.5) is 17.6 Å². The zero-order valence-corrected chi connectivity index (χ0v) is 11.6. The van der Waals surface area contributed by atoms with Gasteiger partial charge in [-0.3, -0.25) is 9.69 Å². The third-order valence-electron chi connectivity index (χ3n) is 3.52. The monoisotopic (exact) mass is 321 g/mol. The number of carboxylic acids is 1. The van der Waals surface area contributed by atoms with Crippen LogP contribution >= 0.6 is 0 Å². The van der Waals surface area contributed by atoms with Gasteiger partial charge in [-0.25, -0.2) is 4.39 Å². The van der Waals surface area contributed by atoms with Crippen molar-refractivity contribution in [3.8, 4) is 5.75 Å². The Morgan fingerprint density at radius 1 is 1.36 bits per heavy atom. The molecule has 0 amide bonds. The Morgan fingerprint density at radius 3 is 2.68 bits per heavy atom. The predicted octanol–water partition coefficient (Wildman–Crippen LogP) is 3.34. The van der Waals surface area contributed by atoms with Crippen LogP contribution < -0.4 is 4.74 Å². The normalized spacial score (nSPS) is 19.9. The van der Waals surface area contributed by atoms with Crippen LogP contribution in [0.2, 0.25) is 0 Å². The van der Waals surface area contributed by atoms with Crippen LogP contribution in [-0.2, 0) is 4.79 Å². The first-order valence-corrected chi connectivity index (χ1v) is 6.77. The van der Waals surface area contributed by atoms with Crippen molar-refractivity contribution in [2.75, 3.05) is 13.1 Å². The highest BCUT2D eigenvalue weighted by molar-refractivity contribution is 5.69. The standard InChI is InChI=1S/C14H15F4NO3/c15-11-7-9(22-14(16,17)18)4-5-10(11)12-3-1-2-6-19(12)8-13(20)21/h4-5,7,12H,1-3,6,8H2,(H,20,21). The van der Waals surface area contributed by atoms with Gasteiger partial charge < -0.3 is 9.84 Å². The largest absolute Gasteiger partial charge is 0.573 e. The SMILES string of the molecule is O=C(O)CN1CCCCC1c1ccc(OC(F)(F)F)cc1F. The molecule has 1 heterocycles. The number of aliphatic carboxylic acids is 1. The Bertz CT molecular complexity index is 547. The summed E-state index contributed by atoms with van der Waals surface area (Å²) in [6, 6.07) is 2.49. The van der Waals surface area contributed by atoms with Crippen molar-refractivity contribution in [3.63, 3.8) is 0 Å². The molecule has 1 fully saturated rings. The van der Waals surface area contributed by atoms with Gasteiger partial charge in [-0.05, 0) is 25.5 Å². The number of piperidine rings is 1. The molecule has 1 saturated heterocycles. The lowest BCUT2D eigenvalue weighted by molar-refractivity contribution is -0.274. The van der Waals surface area contributed by atoms with Crippen molar-refractivity contribution < 1.29 is 32.2 Å². The molecule has 8 heteroatoms. The fourth-order valence-corrected chi connectivity index (χ4v) is 2.68. The number of rotatable bonds is 4. The fourth-order valence-electron chi connectivity index (χ4n) is 2.68. The Labute approximate surface area is 124 Å². The smallest absolute Gasteiger partial charge is 0.480 e. The van der Waals surface area contributed by atoms with E-state index in [0.29, 0.717) is 19.0 Å². The van der Waals surface area contributed by atoms with Crippen LogP contribution in [0, 0.1) is 5.82 Å². The highest BCUT2D eigenvalue weighted by atomic mass is 19.4. The maximum absolute atomic E-state index is 14.1. The third-order valence-corrected chi connectivity index (χ3v) is 3.52. The molecule has 1 atom stereocenters. The number of benzene rings is 1. The molecule has 1 aromatic carbocycles. The fraction of sp³-hybridized carbons (Fsp3) is 0.500. The molecule has 122 valence electrons. The van der Waals surface area contributed by atoms with Gasteiger partial charge in [0.2, 0.25) is 0 Å². The van der Waals surface area contributed by atoms with Crippen LogP contribution in [0.25, 0.3) is 0 Å².